The Kier molecular flexibility index (Phi) is 28.3. The van der Waals surface area contributed by atoms with Gasteiger partial charge in [0.25, 0.3) is 0 Å². The molecule has 1 heterocycles. The fraction of sp³-hybridized carbons (Fsp3) is 0.804. The Labute approximate surface area is 321 Å². The molecule has 6 heteroatoms. The third kappa shape index (κ3) is 22.6. The Morgan fingerprint density at radius 3 is 1.92 bits per heavy atom. The first-order chi connectivity index (χ1) is 25.6. The second-order valence-electron chi connectivity index (χ2n) is 15.8. The zero-order valence-corrected chi connectivity index (χ0v) is 34.4. The maximum Gasteiger partial charge on any atom is 0.243 e. The summed E-state index contributed by atoms with van der Waals surface area (Å²) >= 11 is 0. The van der Waals surface area contributed by atoms with Gasteiger partial charge < -0.3 is 14.8 Å². The number of aromatic nitrogens is 2. The second kappa shape index (κ2) is 32.1. The van der Waals surface area contributed by atoms with Crippen LogP contribution < -0.4 is 5.32 Å². The van der Waals surface area contributed by atoms with Crippen molar-refractivity contribution in [3.63, 3.8) is 0 Å². The zero-order valence-electron chi connectivity index (χ0n) is 34.4. The maximum absolute atomic E-state index is 14.1. The van der Waals surface area contributed by atoms with Gasteiger partial charge in [0.2, 0.25) is 11.8 Å². The molecule has 1 fully saturated rings. The lowest BCUT2D eigenvalue weighted by Gasteiger charge is -2.33. The molecule has 298 valence electrons. The first-order valence-electron chi connectivity index (χ1n) is 22.4. The highest BCUT2D eigenvalue weighted by molar-refractivity contribution is 5.87. The number of hydrogen-bond acceptors (Lipinski definition) is 3. The average molecular weight is 723 g/mol. The van der Waals surface area contributed by atoms with Crippen molar-refractivity contribution >= 4 is 11.8 Å². The van der Waals surface area contributed by atoms with Crippen LogP contribution in [0.2, 0.25) is 0 Å². The Hall–Kier alpha value is -2.37. The molecule has 1 aliphatic rings. The summed E-state index contributed by atoms with van der Waals surface area (Å²) in [6.07, 6.45) is 47.9. The summed E-state index contributed by atoms with van der Waals surface area (Å²) in [5, 5.41) is 3.46. The average Bonchev–Trinajstić information content (AvgIpc) is 3.38. The number of imidazole rings is 1. The quantitative estimate of drug-likeness (QED) is 0.0457. The van der Waals surface area contributed by atoms with E-state index in [1.54, 1.807) is 0 Å². The lowest BCUT2D eigenvalue weighted by Crippen LogP contribution is -2.52. The minimum absolute atomic E-state index is 0.0926. The molecule has 2 rings (SSSR count). The van der Waals surface area contributed by atoms with Gasteiger partial charge in [0.05, 0.1) is 0 Å². The number of aryl methyl sites for hydroxylation is 2. The Bertz CT molecular complexity index is 1050. The molecule has 1 N–H and O–H groups in total. The van der Waals surface area contributed by atoms with Crippen LogP contribution in [-0.4, -0.2) is 44.9 Å². The van der Waals surface area contributed by atoms with E-state index < -0.39 is 0 Å². The van der Waals surface area contributed by atoms with Gasteiger partial charge in [-0.3, -0.25) is 9.59 Å². The molecule has 1 atom stereocenters. The molecule has 0 saturated heterocycles. The van der Waals surface area contributed by atoms with Gasteiger partial charge >= 0.3 is 0 Å². The number of nitrogens with one attached hydrogen (secondary N) is 1. The van der Waals surface area contributed by atoms with Crippen LogP contribution >= 0.6 is 0 Å². The molecule has 0 radical (unpaired) electrons. The first-order valence-corrected chi connectivity index (χ1v) is 22.4. The summed E-state index contributed by atoms with van der Waals surface area (Å²) in [6.45, 7) is 7.99. The zero-order chi connectivity index (χ0) is 37.3. The van der Waals surface area contributed by atoms with Gasteiger partial charge in [0.1, 0.15) is 11.9 Å². The SMILES string of the molecule is CCCCC/C=C\C/C=C\CCCCCCCC(=O)N(CCCn1ccnc1C)C(CCCCCCCCCCCC)C(=O)NC1CCCCCC1. The summed E-state index contributed by atoms with van der Waals surface area (Å²) in [6, 6.07) is -0.121. The van der Waals surface area contributed by atoms with Crippen LogP contribution in [0.3, 0.4) is 0 Å². The molecule has 1 unspecified atom stereocenters. The van der Waals surface area contributed by atoms with Crippen LogP contribution in [0.5, 0.6) is 0 Å². The minimum atomic E-state index is -0.369. The van der Waals surface area contributed by atoms with E-state index in [1.165, 1.54) is 122 Å². The van der Waals surface area contributed by atoms with Gasteiger partial charge in [-0.1, -0.05) is 160 Å². The standard InChI is InChI=1S/C46H82N4O2/c1-4-6-8-10-12-14-16-17-18-19-20-22-24-26-32-37-45(51)50(40-33-39-49-41-38-47-42(49)3)44(46(52)48-43-34-29-27-28-30-35-43)36-31-25-23-21-15-13-11-9-7-5-2/h12,14,17-18,38,41,43-44H,4-11,13,15-16,19-37,39-40H2,1-3H3,(H,48,52)/b14-12-,18-17-. The number of unbranched alkanes of at least 4 members (excludes halogenated alkanes) is 17. The summed E-state index contributed by atoms with van der Waals surface area (Å²) in [7, 11) is 0. The van der Waals surface area contributed by atoms with Crippen LogP contribution in [0.1, 0.15) is 212 Å². The number of carbonyl (C=O) groups is 2. The van der Waals surface area contributed by atoms with Gasteiger partial charge in [0.15, 0.2) is 0 Å². The monoisotopic (exact) mass is 723 g/mol. The smallest absolute Gasteiger partial charge is 0.243 e. The molecular formula is C46H82N4O2. The molecule has 2 amide bonds. The third-order valence-corrected chi connectivity index (χ3v) is 11.1. The predicted molar refractivity (Wildman–Crippen MR) is 223 cm³/mol. The lowest BCUT2D eigenvalue weighted by molar-refractivity contribution is -0.141. The minimum Gasteiger partial charge on any atom is -0.352 e. The Morgan fingerprint density at radius 1 is 0.750 bits per heavy atom. The number of amides is 2. The predicted octanol–water partition coefficient (Wildman–Crippen LogP) is 12.7. The van der Waals surface area contributed by atoms with Gasteiger partial charge in [0, 0.05) is 37.9 Å². The van der Waals surface area contributed by atoms with E-state index in [0.717, 1.165) is 76.6 Å². The summed E-state index contributed by atoms with van der Waals surface area (Å²) in [5.41, 5.74) is 0. The lowest BCUT2D eigenvalue weighted by atomic mass is 10.0. The van der Waals surface area contributed by atoms with Crippen molar-refractivity contribution in [1.29, 1.82) is 0 Å². The van der Waals surface area contributed by atoms with Crippen molar-refractivity contribution in [2.45, 2.75) is 232 Å². The number of nitrogens with zero attached hydrogens (tertiary/aromatic N) is 3. The summed E-state index contributed by atoms with van der Waals surface area (Å²) < 4.78 is 2.16. The highest BCUT2D eigenvalue weighted by Crippen LogP contribution is 2.21. The Balaban J connectivity index is 1.90. The largest absolute Gasteiger partial charge is 0.352 e. The number of rotatable bonds is 32. The molecule has 0 aromatic carbocycles. The van der Waals surface area contributed by atoms with Crippen molar-refractivity contribution in [2.24, 2.45) is 0 Å². The fourth-order valence-corrected chi connectivity index (χ4v) is 7.71. The maximum atomic E-state index is 14.1. The molecule has 0 aliphatic heterocycles. The van der Waals surface area contributed by atoms with Crippen LogP contribution in [0.4, 0.5) is 0 Å². The first kappa shape index (κ1) is 45.8. The fourth-order valence-electron chi connectivity index (χ4n) is 7.71. The molecular weight excluding hydrogens is 641 g/mol. The van der Waals surface area contributed by atoms with E-state index in [0.29, 0.717) is 13.0 Å². The van der Waals surface area contributed by atoms with Crippen LogP contribution in [-0.2, 0) is 16.1 Å². The third-order valence-electron chi connectivity index (χ3n) is 11.1. The van der Waals surface area contributed by atoms with Crippen molar-refractivity contribution in [3.05, 3.63) is 42.5 Å². The summed E-state index contributed by atoms with van der Waals surface area (Å²) in [4.78, 5) is 34.5. The molecule has 1 aromatic rings. The number of carbonyl (C=O) groups excluding carboxylic acids is 2. The van der Waals surface area contributed by atoms with Crippen molar-refractivity contribution in [1.82, 2.24) is 19.8 Å². The molecule has 1 saturated carbocycles. The van der Waals surface area contributed by atoms with E-state index in [-0.39, 0.29) is 23.9 Å². The van der Waals surface area contributed by atoms with Crippen LogP contribution in [0, 0.1) is 6.92 Å². The molecule has 6 nitrogen and oxygen atoms in total. The van der Waals surface area contributed by atoms with Crippen LogP contribution in [0.15, 0.2) is 36.7 Å². The summed E-state index contributed by atoms with van der Waals surface area (Å²) in [5.74, 6) is 1.26. The van der Waals surface area contributed by atoms with Gasteiger partial charge in [-0.15, -0.1) is 0 Å². The number of allylic oxidation sites excluding steroid dienone is 4. The van der Waals surface area contributed by atoms with E-state index >= 15 is 0 Å². The van der Waals surface area contributed by atoms with E-state index in [1.807, 2.05) is 24.2 Å². The van der Waals surface area contributed by atoms with Gasteiger partial charge in [-0.05, 0) is 71.1 Å². The highest BCUT2D eigenvalue weighted by Gasteiger charge is 2.30. The van der Waals surface area contributed by atoms with Gasteiger partial charge in [-0.25, -0.2) is 4.98 Å². The molecule has 52 heavy (non-hydrogen) atoms. The molecule has 0 spiro atoms. The van der Waals surface area contributed by atoms with E-state index in [4.69, 9.17) is 0 Å². The Morgan fingerprint density at radius 2 is 1.31 bits per heavy atom. The highest BCUT2D eigenvalue weighted by atomic mass is 16.2. The molecule has 1 aliphatic carbocycles. The van der Waals surface area contributed by atoms with Gasteiger partial charge in [-0.2, -0.15) is 0 Å². The molecule has 1 aromatic heterocycles. The van der Waals surface area contributed by atoms with E-state index in [9.17, 15) is 9.59 Å². The van der Waals surface area contributed by atoms with Crippen molar-refractivity contribution in [3.8, 4) is 0 Å². The second-order valence-corrected chi connectivity index (χ2v) is 15.8. The normalized spacial score (nSPS) is 14.7. The van der Waals surface area contributed by atoms with Crippen molar-refractivity contribution < 1.29 is 9.59 Å². The van der Waals surface area contributed by atoms with Crippen LogP contribution in [0.25, 0.3) is 0 Å². The van der Waals surface area contributed by atoms with Crippen molar-refractivity contribution in [2.75, 3.05) is 6.54 Å². The topological polar surface area (TPSA) is 67.2 Å². The number of hydrogen-bond donors (Lipinski definition) is 1. The van der Waals surface area contributed by atoms with E-state index in [2.05, 4.69) is 53.0 Å². The molecule has 0 bridgehead atoms.